The number of carbonyl (C=O) groups excluding carboxylic acids is 1. The van der Waals surface area contributed by atoms with Crippen LogP contribution in [0.4, 0.5) is 0 Å². The molecule has 0 radical (unpaired) electrons. The fourth-order valence-electron chi connectivity index (χ4n) is 3.87. The van der Waals surface area contributed by atoms with E-state index >= 15 is 0 Å². The van der Waals surface area contributed by atoms with Gasteiger partial charge in [0.2, 0.25) is 0 Å². The number of benzene rings is 2. The van der Waals surface area contributed by atoms with Gasteiger partial charge < -0.3 is 14.1 Å². The molecule has 33 heavy (non-hydrogen) atoms. The number of fused-ring (bicyclic) bond motifs is 1. The molecule has 0 aliphatic carbocycles. The van der Waals surface area contributed by atoms with E-state index in [2.05, 4.69) is 0 Å². The average Bonchev–Trinajstić information content (AvgIpc) is 3.16. The Hall–Kier alpha value is -2.84. The van der Waals surface area contributed by atoms with Crippen molar-refractivity contribution in [2.24, 2.45) is 0 Å². The van der Waals surface area contributed by atoms with Gasteiger partial charge in [0.15, 0.2) is 21.0 Å². The third-order valence-electron chi connectivity index (χ3n) is 5.56. The average molecular weight is 490 g/mol. The molecule has 3 aromatic rings. The van der Waals surface area contributed by atoms with Gasteiger partial charge in [-0.2, -0.15) is 0 Å². The van der Waals surface area contributed by atoms with E-state index in [9.17, 15) is 18.0 Å². The Morgan fingerprint density at radius 2 is 1.94 bits per heavy atom. The lowest BCUT2D eigenvalue weighted by molar-refractivity contribution is 0.0648. The molecular formula is C24H24ClNO6S. The van der Waals surface area contributed by atoms with E-state index in [4.69, 9.17) is 20.8 Å². The summed E-state index contributed by atoms with van der Waals surface area (Å²) in [7, 11) is -3.23. The number of carbonyl (C=O) groups is 1. The van der Waals surface area contributed by atoms with Gasteiger partial charge in [0.1, 0.15) is 11.3 Å². The number of amides is 1. The summed E-state index contributed by atoms with van der Waals surface area (Å²) in [5, 5.41) is 0.662. The van der Waals surface area contributed by atoms with Crippen LogP contribution in [0.1, 0.15) is 35.9 Å². The monoisotopic (exact) mass is 489 g/mol. The SMILES string of the molecule is CCCOc1ccc(CN(C(=O)c2cc(=O)c3cc(Cl)ccc3o2)[C@@H]2CCS(=O)(=O)C2)cc1. The van der Waals surface area contributed by atoms with Crippen LogP contribution in [-0.2, 0) is 16.4 Å². The van der Waals surface area contributed by atoms with Crippen molar-refractivity contribution in [3.8, 4) is 5.75 Å². The molecule has 0 saturated carbocycles. The number of sulfone groups is 1. The van der Waals surface area contributed by atoms with Crippen LogP contribution in [0.15, 0.2) is 57.7 Å². The van der Waals surface area contributed by atoms with Crippen LogP contribution in [0.2, 0.25) is 5.02 Å². The quantitative estimate of drug-likeness (QED) is 0.496. The summed E-state index contributed by atoms with van der Waals surface area (Å²) in [5.41, 5.74) is 0.664. The Bertz CT molecular complexity index is 1330. The fraction of sp³-hybridized carbons (Fsp3) is 0.333. The molecule has 1 atom stereocenters. The van der Waals surface area contributed by atoms with Gasteiger partial charge in [-0.1, -0.05) is 30.7 Å². The zero-order valence-corrected chi connectivity index (χ0v) is 19.7. The summed E-state index contributed by atoms with van der Waals surface area (Å²) >= 11 is 5.96. The van der Waals surface area contributed by atoms with Crippen molar-refractivity contribution in [2.45, 2.75) is 32.4 Å². The van der Waals surface area contributed by atoms with E-state index in [0.717, 1.165) is 23.8 Å². The van der Waals surface area contributed by atoms with Crippen LogP contribution in [0.5, 0.6) is 5.75 Å². The summed E-state index contributed by atoms with van der Waals surface area (Å²) in [6, 6.07) is 12.5. The molecule has 1 aliphatic rings. The second-order valence-electron chi connectivity index (χ2n) is 8.10. The van der Waals surface area contributed by atoms with Gasteiger partial charge in [0.05, 0.1) is 23.5 Å². The first-order valence-electron chi connectivity index (χ1n) is 10.7. The lowest BCUT2D eigenvalue weighted by atomic mass is 10.1. The molecule has 1 aliphatic heterocycles. The predicted octanol–water partition coefficient (Wildman–Crippen LogP) is 4.06. The Kier molecular flexibility index (Phi) is 6.76. The van der Waals surface area contributed by atoms with E-state index < -0.39 is 27.2 Å². The molecule has 2 aromatic carbocycles. The van der Waals surface area contributed by atoms with Crippen LogP contribution in [0, 0.1) is 0 Å². The minimum atomic E-state index is -3.23. The van der Waals surface area contributed by atoms with Crippen molar-refractivity contribution in [1.29, 1.82) is 0 Å². The number of hydrogen-bond donors (Lipinski definition) is 0. The first-order chi connectivity index (χ1) is 15.8. The van der Waals surface area contributed by atoms with Crippen LogP contribution in [0.25, 0.3) is 11.0 Å². The number of nitrogens with zero attached hydrogens (tertiary/aromatic N) is 1. The largest absolute Gasteiger partial charge is 0.494 e. The molecule has 9 heteroatoms. The van der Waals surface area contributed by atoms with Crippen molar-refractivity contribution in [1.82, 2.24) is 4.90 Å². The maximum absolute atomic E-state index is 13.5. The highest BCUT2D eigenvalue weighted by Crippen LogP contribution is 2.25. The Labute approximate surface area is 196 Å². The molecule has 4 rings (SSSR count). The molecule has 1 aromatic heterocycles. The van der Waals surface area contributed by atoms with E-state index in [-0.39, 0.29) is 34.8 Å². The van der Waals surface area contributed by atoms with Crippen molar-refractivity contribution >= 4 is 38.3 Å². The highest BCUT2D eigenvalue weighted by atomic mass is 35.5. The summed E-state index contributed by atoms with van der Waals surface area (Å²) in [6.07, 6.45) is 1.22. The minimum absolute atomic E-state index is 0.0193. The van der Waals surface area contributed by atoms with Gasteiger partial charge in [-0.15, -0.1) is 0 Å². The molecule has 0 unspecified atom stereocenters. The molecule has 2 heterocycles. The van der Waals surface area contributed by atoms with Crippen molar-refractivity contribution < 1.29 is 22.4 Å². The van der Waals surface area contributed by atoms with E-state index in [1.165, 1.54) is 17.0 Å². The molecule has 0 N–H and O–H groups in total. The van der Waals surface area contributed by atoms with Gasteiger partial charge in [-0.05, 0) is 48.7 Å². The number of hydrogen-bond acceptors (Lipinski definition) is 6. The molecule has 1 saturated heterocycles. The normalized spacial score (nSPS) is 17.2. The van der Waals surface area contributed by atoms with E-state index in [0.29, 0.717) is 18.1 Å². The maximum Gasteiger partial charge on any atom is 0.290 e. The smallest absolute Gasteiger partial charge is 0.290 e. The van der Waals surface area contributed by atoms with Crippen LogP contribution >= 0.6 is 11.6 Å². The highest BCUT2D eigenvalue weighted by molar-refractivity contribution is 7.91. The van der Waals surface area contributed by atoms with Gasteiger partial charge >= 0.3 is 0 Å². The lowest BCUT2D eigenvalue weighted by Crippen LogP contribution is -2.40. The summed E-state index contributed by atoms with van der Waals surface area (Å²) < 4.78 is 35.6. The van der Waals surface area contributed by atoms with Gasteiger partial charge in [-0.3, -0.25) is 9.59 Å². The van der Waals surface area contributed by atoms with Crippen molar-refractivity contribution in [3.05, 3.63) is 75.1 Å². The molecule has 174 valence electrons. The molecule has 1 amide bonds. The van der Waals surface area contributed by atoms with Crippen LogP contribution in [0.3, 0.4) is 0 Å². The number of ether oxygens (including phenoxy) is 1. The third-order valence-corrected chi connectivity index (χ3v) is 7.54. The standard InChI is InChI=1S/C24H24ClNO6S/c1-2-10-31-19-6-3-16(4-7-19)14-26(18-9-11-33(29,30)15-18)24(28)23-13-21(27)20-12-17(25)5-8-22(20)32-23/h3-8,12-13,18H,2,9-11,14-15H2,1H3/t18-/m1/s1. The fourth-order valence-corrected chi connectivity index (χ4v) is 5.77. The first kappa shape index (κ1) is 23.3. The number of rotatable bonds is 7. The maximum atomic E-state index is 13.5. The Balaban J connectivity index is 1.66. The van der Waals surface area contributed by atoms with Crippen molar-refractivity contribution in [2.75, 3.05) is 18.1 Å². The summed E-state index contributed by atoms with van der Waals surface area (Å²) in [4.78, 5) is 27.5. The predicted molar refractivity (Wildman–Crippen MR) is 127 cm³/mol. The molecule has 0 spiro atoms. The second-order valence-corrected chi connectivity index (χ2v) is 10.8. The van der Waals surface area contributed by atoms with Crippen LogP contribution in [-0.4, -0.2) is 43.4 Å². The lowest BCUT2D eigenvalue weighted by Gasteiger charge is -2.28. The topological polar surface area (TPSA) is 93.9 Å². The van der Waals surface area contributed by atoms with Crippen LogP contribution < -0.4 is 10.2 Å². The second kappa shape index (κ2) is 9.57. The Morgan fingerprint density at radius 1 is 1.18 bits per heavy atom. The molecule has 1 fully saturated rings. The van der Waals surface area contributed by atoms with Gasteiger partial charge in [0, 0.05) is 23.7 Å². The first-order valence-corrected chi connectivity index (χ1v) is 12.9. The number of halogens is 1. The zero-order valence-electron chi connectivity index (χ0n) is 18.1. The Morgan fingerprint density at radius 3 is 2.61 bits per heavy atom. The summed E-state index contributed by atoms with van der Waals surface area (Å²) in [6.45, 7) is 2.80. The minimum Gasteiger partial charge on any atom is -0.494 e. The summed E-state index contributed by atoms with van der Waals surface area (Å²) in [5.74, 6) is -0.0459. The molecule has 0 bridgehead atoms. The zero-order chi connectivity index (χ0) is 23.6. The van der Waals surface area contributed by atoms with Gasteiger partial charge in [0.25, 0.3) is 5.91 Å². The van der Waals surface area contributed by atoms with E-state index in [1.54, 1.807) is 6.07 Å². The van der Waals surface area contributed by atoms with Crippen molar-refractivity contribution in [3.63, 3.8) is 0 Å². The molecule has 7 nitrogen and oxygen atoms in total. The third kappa shape index (κ3) is 5.39. The van der Waals surface area contributed by atoms with Gasteiger partial charge in [-0.25, -0.2) is 8.42 Å². The van der Waals surface area contributed by atoms with E-state index in [1.807, 2.05) is 31.2 Å². The molecular weight excluding hydrogens is 466 g/mol. The highest BCUT2D eigenvalue weighted by Gasteiger charge is 2.36.